The van der Waals surface area contributed by atoms with Crippen molar-refractivity contribution in [3.05, 3.63) is 54.1 Å². The molecule has 0 aliphatic carbocycles. The van der Waals surface area contributed by atoms with Crippen LogP contribution in [-0.4, -0.2) is 22.1 Å². The van der Waals surface area contributed by atoms with Crippen molar-refractivity contribution in [2.24, 2.45) is 0 Å². The zero-order valence-corrected chi connectivity index (χ0v) is 13.4. The third kappa shape index (κ3) is 4.71. The molecule has 1 aromatic heterocycles. The van der Waals surface area contributed by atoms with Crippen molar-refractivity contribution in [2.75, 3.05) is 6.54 Å². The zero-order valence-electron chi connectivity index (χ0n) is 13.4. The molecular weight excluding hydrogens is 258 g/mol. The van der Waals surface area contributed by atoms with Crippen LogP contribution in [-0.2, 0) is 13.0 Å². The summed E-state index contributed by atoms with van der Waals surface area (Å²) in [6.07, 6.45) is 6.14. The number of aryl methyl sites for hydroxylation is 1. The van der Waals surface area contributed by atoms with Crippen molar-refractivity contribution in [1.82, 2.24) is 14.9 Å². The first-order valence-corrected chi connectivity index (χ1v) is 7.99. The normalized spacial score (nSPS) is 12.8. The number of benzene rings is 1. The predicted octanol–water partition coefficient (Wildman–Crippen LogP) is 3.62. The molecule has 0 saturated carbocycles. The Labute approximate surface area is 128 Å². The van der Waals surface area contributed by atoms with E-state index in [2.05, 4.69) is 72.2 Å². The van der Waals surface area contributed by atoms with Gasteiger partial charge in [-0.3, -0.25) is 0 Å². The quantitative estimate of drug-likeness (QED) is 0.803. The fourth-order valence-corrected chi connectivity index (χ4v) is 2.61. The molecule has 1 heterocycles. The molecule has 0 aliphatic heterocycles. The van der Waals surface area contributed by atoms with Gasteiger partial charge < -0.3 is 9.88 Å². The van der Waals surface area contributed by atoms with E-state index in [4.69, 9.17) is 0 Å². The summed E-state index contributed by atoms with van der Waals surface area (Å²) >= 11 is 0. The van der Waals surface area contributed by atoms with Crippen LogP contribution in [0.5, 0.6) is 0 Å². The van der Waals surface area contributed by atoms with Gasteiger partial charge in [0.05, 0.1) is 0 Å². The molecule has 0 radical (unpaired) electrons. The molecule has 0 spiro atoms. The molecule has 1 atom stereocenters. The van der Waals surface area contributed by atoms with Crippen molar-refractivity contribution < 1.29 is 0 Å². The maximum atomic E-state index is 4.56. The second kappa shape index (κ2) is 7.99. The number of nitrogens with zero attached hydrogens (tertiary/aromatic N) is 2. The molecule has 0 amide bonds. The minimum Gasteiger partial charge on any atom is -0.335 e. The van der Waals surface area contributed by atoms with Crippen LogP contribution < -0.4 is 5.32 Å². The molecule has 2 rings (SSSR count). The van der Waals surface area contributed by atoms with Crippen molar-refractivity contribution >= 4 is 0 Å². The lowest BCUT2D eigenvalue weighted by Gasteiger charge is -2.20. The predicted molar refractivity (Wildman–Crippen MR) is 88.5 cm³/mol. The van der Waals surface area contributed by atoms with Crippen molar-refractivity contribution in [1.29, 1.82) is 0 Å². The number of nitrogens with one attached hydrogen (secondary N) is 1. The van der Waals surface area contributed by atoms with Gasteiger partial charge in [0, 0.05) is 43.9 Å². The van der Waals surface area contributed by atoms with Crippen molar-refractivity contribution in [2.45, 2.75) is 52.1 Å². The van der Waals surface area contributed by atoms with E-state index < -0.39 is 0 Å². The van der Waals surface area contributed by atoms with Crippen molar-refractivity contribution in [3.63, 3.8) is 0 Å². The van der Waals surface area contributed by atoms with E-state index in [-0.39, 0.29) is 0 Å². The number of aromatic nitrogens is 2. The van der Waals surface area contributed by atoms with Crippen LogP contribution in [0.2, 0.25) is 0 Å². The average Bonchev–Trinajstić information content (AvgIpc) is 2.92. The monoisotopic (exact) mass is 285 g/mol. The summed E-state index contributed by atoms with van der Waals surface area (Å²) in [5.74, 6) is 1.66. The summed E-state index contributed by atoms with van der Waals surface area (Å²) in [7, 11) is 0. The summed E-state index contributed by atoms with van der Waals surface area (Å²) in [6.45, 7) is 8.63. The molecule has 0 bridgehead atoms. The van der Waals surface area contributed by atoms with Gasteiger partial charge in [0.15, 0.2) is 0 Å². The smallest absolute Gasteiger partial charge is 0.109 e. The minimum absolute atomic E-state index is 0.464. The van der Waals surface area contributed by atoms with Gasteiger partial charge in [-0.1, -0.05) is 51.1 Å². The molecule has 1 aromatic carbocycles. The van der Waals surface area contributed by atoms with Gasteiger partial charge in [-0.2, -0.15) is 0 Å². The second-order valence-electron chi connectivity index (χ2n) is 5.91. The number of hydrogen-bond donors (Lipinski definition) is 1. The molecule has 0 aliphatic rings. The summed E-state index contributed by atoms with van der Waals surface area (Å²) in [6, 6.07) is 11.3. The van der Waals surface area contributed by atoms with E-state index in [0.717, 1.165) is 25.9 Å². The fraction of sp³-hybridized carbons (Fsp3) is 0.500. The van der Waals surface area contributed by atoms with Gasteiger partial charge in [0.1, 0.15) is 5.82 Å². The van der Waals surface area contributed by atoms with Gasteiger partial charge in [-0.25, -0.2) is 4.98 Å². The highest BCUT2D eigenvalue weighted by atomic mass is 15.1. The topological polar surface area (TPSA) is 29.9 Å². The van der Waals surface area contributed by atoms with E-state index in [1.54, 1.807) is 0 Å². The van der Waals surface area contributed by atoms with E-state index in [0.29, 0.717) is 12.0 Å². The Bertz CT molecular complexity index is 516. The Balaban J connectivity index is 2.13. The standard InChI is InChI=1S/C18H27N3/c1-4-11-21-12-10-19-18(21)13-17(14-20-15(2)3)16-8-6-5-7-9-16/h5-10,12,15,17,20H,4,11,13-14H2,1-3H3. The Hall–Kier alpha value is -1.61. The van der Waals surface area contributed by atoms with Gasteiger partial charge in [0.25, 0.3) is 0 Å². The van der Waals surface area contributed by atoms with Crippen LogP contribution in [0.1, 0.15) is 44.5 Å². The third-order valence-corrected chi connectivity index (χ3v) is 3.74. The average molecular weight is 285 g/mol. The van der Waals surface area contributed by atoms with Crippen LogP contribution in [0.15, 0.2) is 42.7 Å². The first kappa shape index (κ1) is 15.8. The zero-order chi connectivity index (χ0) is 15.1. The highest BCUT2D eigenvalue weighted by Gasteiger charge is 2.15. The Morgan fingerprint density at radius 2 is 1.95 bits per heavy atom. The Morgan fingerprint density at radius 1 is 1.19 bits per heavy atom. The Morgan fingerprint density at radius 3 is 2.62 bits per heavy atom. The lowest BCUT2D eigenvalue weighted by atomic mass is 9.95. The van der Waals surface area contributed by atoms with Gasteiger partial charge in [-0.05, 0) is 12.0 Å². The van der Waals surface area contributed by atoms with E-state index in [1.165, 1.54) is 11.4 Å². The lowest BCUT2D eigenvalue weighted by Crippen LogP contribution is -2.29. The lowest BCUT2D eigenvalue weighted by molar-refractivity contribution is 0.509. The van der Waals surface area contributed by atoms with Gasteiger partial charge in [0.2, 0.25) is 0 Å². The highest BCUT2D eigenvalue weighted by Crippen LogP contribution is 2.20. The molecule has 114 valence electrons. The molecule has 2 aromatic rings. The first-order valence-electron chi connectivity index (χ1n) is 7.99. The molecule has 3 nitrogen and oxygen atoms in total. The van der Waals surface area contributed by atoms with Crippen molar-refractivity contribution in [3.8, 4) is 0 Å². The van der Waals surface area contributed by atoms with Crippen LogP contribution in [0, 0.1) is 0 Å². The number of hydrogen-bond acceptors (Lipinski definition) is 2. The van der Waals surface area contributed by atoms with Gasteiger partial charge >= 0.3 is 0 Å². The summed E-state index contributed by atoms with van der Waals surface area (Å²) in [5.41, 5.74) is 1.39. The van der Waals surface area contributed by atoms with Crippen LogP contribution in [0.4, 0.5) is 0 Å². The summed E-state index contributed by atoms with van der Waals surface area (Å²) in [5, 5.41) is 3.57. The third-order valence-electron chi connectivity index (χ3n) is 3.74. The SMILES string of the molecule is CCCn1ccnc1CC(CNC(C)C)c1ccccc1. The van der Waals surface area contributed by atoms with Crippen LogP contribution in [0.25, 0.3) is 0 Å². The van der Waals surface area contributed by atoms with E-state index in [1.807, 2.05) is 6.20 Å². The first-order chi connectivity index (χ1) is 10.2. The Kier molecular flexibility index (Phi) is 6.00. The second-order valence-corrected chi connectivity index (χ2v) is 5.91. The number of rotatable bonds is 8. The molecule has 0 saturated heterocycles. The number of imidazole rings is 1. The maximum absolute atomic E-state index is 4.56. The van der Waals surface area contributed by atoms with Crippen LogP contribution >= 0.6 is 0 Å². The van der Waals surface area contributed by atoms with E-state index in [9.17, 15) is 0 Å². The summed E-state index contributed by atoms with van der Waals surface area (Å²) in [4.78, 5) is 4.56. The molecular formula is C18H27N3. The van der Waals surface area contributed by atoms with Gasteiger partial charge in [-0.15, -0.1) is 0 Å². The minimum atomic E-state index is 0.464. The highest BCUT2D eigenvalue weighted by molar-refractivity contribution is 5.21. The molecule has 1 unspecified atom stereocenters. The van der Waals surface area contributed by atoms with E-state index >= 15 is 0 Å². The summed E-state index contributed by atoms with van der Waals surface area (Å²) < 4.78 is 2.28. The molecule has 3 heteroatoms. The van der Waals surface area contributed by atoms with Crippen LogP contribution in [0.3, 0.4) is 0 Å². The largest absolute Gasteiger partial charge is 0.335 e. The molecule has 1 N–H and O–H groups in total. The maximum Gasteiger partial charge on any atom is 0.109 e. The fourth-order valence-electron chi connectivity index (χ4n) is 2.61. The molecule has 21 heavy (non-hydrogen) atoms. The molecule has 0 fully saturated rings.